The Kier molecular flexibility index (Phi) is 7.30. The summed E-state index contributed by atoms with van der Waals surface area (Å²) in [4.78, 5) is 14.8. The summed E-state index contributed by atoms with van der Waals surface area (Å²) >= 11 is 0. The smallest absolute Gasteiger partial charge is 0.497 e. The summed E-state index contributed by atoms with van der Waals surface area (Å²) in [6.45, 7) is 7.49. The number of nitrogens with zero attached hydrogens (tertiary/aromatic N) is 1. The molecule has 0 radical (unpaired) electrons. The number of rotatable bonds is 4. The topological polar surface area (TPSA) is 82.1 Å². The fourth-order valence-electron chi connectivity index (χ4n) is 8.06. The van der Waals surface area contributed by atoms with Gasteiger partial charge in [0, 0.05) is 23.1 Å². The Bertz CT molecular complexity index is 1640. The van der Waals surface area contributed by atoms with Gasteiger partial charge in [-0.05, 0) is 106 Å². The monoisotopic (exact) mass is 633 g/mol. The Morgan fingerprint density at radius 2 is 1.80 bits per heavy atom. The van der Waals surface area contributed by atoms with Gasteiger partial charge in [-0.15, -0.1) is 0 Å². The third kappa shape index (κ3) is 5.04. The summed E-state index contributed by atoms with van der Waals surface area (Å²) in [5.41, 5.74) is -2.53. The van der Waals surface area contributed by atoms with Crippen LogP contribution in [0.1, 0.15) is 81.5 Å². The second-order valence-electron chi connectivity index (χ2n) is 13.6. The molecule has 4 aliphatic rings. The molecule has 2 aromatic carbocycles. The Hall–Kier alpha value is -3.21. The van der Waals surface area contributed by atoms with Crippen molar-refractivity contribution in [2.45, 2.75) is 83.2 Å². The van der Waals surface area contributed by atoms with E-state index in [1.165, 1.54) is 16.0 Å². The normalized spacial score (nSPS) is 26.5. The number of amides is 1. The average Bonchev–Trinajstić information content (AvgIpc) is 3.50. The molecule has 3 aliphatic carbocycles. The molecule has 238 valence electrons. The minimum Gasteiger partial charge on any atom is -0.497 e. The van der Waals surface area contributed by atoms with Crippen LogP contribution in [0.5, 0.6) is 5.75 Å². The van der Waals surface area contributed by atoms with E-state index in [1.54, 1.807) is 40.0 Å². The van der Waals surface area contributed by atoms with Crippen LogP contribution in [-0.2, 0) is 31.9 Å². The van der Waals surface area contributed by atoms with Gasteiger partial charge in [-0.25, -0.2) is 4.79 Å². The number of benzene rings is 2. The molecule has 0 spiro atoms. The van der Waals surface area contributed by atoms with Crippen molar-refractivity contribution in [1.29, 1.82) is 0 Å². The quantitative estimate of drug-likeness (QED) is 0.253. The van der Waals surface area contributed by atoms with E-state index in [4.69, 9.17) is 13.7 Å². The molecule has 0 N–H and O–H groups in total. The standard InChI is InChI=1S/C33H38F3NO6S/c1-31(2,3)42-30(38)37-16-14-19-7-6-8-25(28(19)37)26-18-27-24-11-9-20-17-21(41-5)10-12-22(20)23(24)13-15-32(27,4)29(26)43-44(39,40)33(34,35)36/h6-8,10,12,17,23-24,27H,9,11,13-16,18H2,1-5H3/t23-,24-,27+,32+/m1/s1. The molecule has 7 nitrogen and oxygen atoms in total. The predicted molar refractivity (Wildman–Crippen MR) is 160 cm³/mol. The van der Waals surface area contributed by atoms with Crippen LogP contribution in [0.15, 0.2) is 42.2 Å². The second-order valence-corrected chi connectivity index (χ2v) is 15.2. The first-order valence-corrected chi connectivity index (χ1v) is 16.5. The summed E-state index contributed by atoms with van der Waals surface area (Å²) in [6, 6.07) is 11.5. The van der Waals surface area contributed by atoms with Crippen molar-refractivity contribution in [1.82, 2.24) is 0 Å². The van der Waals surface area contributed by atoms with Gasteiger partial charge in [0.05, 0.1) is 12.8 Å². The van der Waals surface area contributed by atoms with Gasteiger partial charge >= 0.3 is 21.7 Å². The molecule has 0 bridgehead atoms. The molecule has 1 saturated carbocycles. The molecule has 1 fully saturated rings. The molecule has 1 amide bonds. The number of allylic oxidation sites excluding steroid dienone is 2. The van der Waals surface area contributed by atoms with Crippen LogP contribution in [0.3, 0.4) is 0 Å². The largest absolute Gasteiger partial charge is 0.534 e. The highest BCUT2D eigenvalue weighted by atomic mass is 32.2. The van der Waals surface area contributed by atoms with Gasteiger partial charge in [0.15, 0.2) is 0 Å². The number of para-hydroxylation sites is 1. The number of halogens is 3. The first-order chi connectivity index (χ1) is 20.5. The van der Waals surface area contributed by atoms with E-state index < -0.39 is 32.7 Å². The first-order valence-electron chi connectivity index (χ1n) is 15.1. The maximum Gasteiger partial charge on any atom is 0.534 e. The molecule has 44 heavy (non-hydrogen) atoms. The maximum atomic E-state index is 13.8. The Morgan fingerprint density at radius 3 is 2.48 bits per heavy atom. The van der Waals surface area contributed by atoms with Gasteiger partial charge in [-0.3, -0.25) is 4.90 Å². The highest BCUT2D eigenvalue weighted by Gasteiger charge is 2.59. The summed E-state index contributed by atoms with van der Waals surface area (Å²) in [6.07, 6.45) is 3.06. The first kappa shape index (κ1) is 30.8. The van der Waals surface area contributed by atoms with Crippen LogP contribution >= 0.6 is 0 Å². The van der Waals surface area contributed by atoms with E-state index in [0.29, 0.717) is 49.1 Å². The van der Waals surface area contributed by atoms with E-state index in [9.17, 15) is 26.4 Å². The maximum absolute atomic E-state index is 13.8. The molecule has 4 atom stereocenters. The highest BCUT2D eigenvalue weighted by Crippen LogP contribution is 2.65. The molecule has 1 heterocycles. The number of carbonyl (C=O) groups is 1. The van der Waals surface area contributed by atoms with Gasteiger partial charge < -0.3 is 13.7 Å². The zero-order valence-electron chi connectivity index (χ0n) is 25.6. The number of hydrogen-bond acceptors (Lipinski definition) is 6. The number of aryl methyl sites for hydroxylation is 1. The highest BCUT2D eigenvalue weighted by molar-refractivity contribution is 7.87. The zero-order chi connectivity index (χ0) is 31.8. The van der Waals surface area contributed by atoms with E-state index in [2.05, 4.69) is 12.1 Å². The SMILES string of the molecule is COc1ccc2c(c1)CC[C@@H]1[C@@H]2CC[C@]2(C)C(OS(=O)(=O)C(F)(F)F)=C(c3cccc4c3N(C(=O)OC(C)(C)C)CC4)C[C@@H]12. The lowest BCUT2D eigenvalue weighted by molar-refractivity contribution is -0.0544. The van der Waals surface area contributed by atoms with Crippen molar-refractivity contribution < 1.29 is 40.0 Å². The summed E-state index contributed by atoms with van der Waals surface area (Å²) in [5, 5.41) is 0. The van der Waals surface area contributed by atoms with Crippen LogP contribution in [0, 0.1) is 17.3 Å². The van der Waals surface area contributed by atoms with Crippen molar-refractivity contribution in [3.63, 3.8) is 0 Å². The number of alkyl halides is 3. The molecular weight excluding hydrogens is 595 g/mol. The van der Waals surface area contributed by atoms with Crippen LogP contribution in [0.25, 0.3) is 5.57 Å². The van der Waals surface area contributed by atoms with Crippen LogP contribution < -0.4 is 9.64 Å². The molecular formula is C33H38F3NO6S. The minimum atomic E-state index is -5.94. The Labute approximate surface area is 256 Å². The lowest BCUT2D eigenvalue weighted by Gasteiger charge is -2.49. The fraction of sp³-hybridized carbons (Fsp3) is 0.545. The van der Waals surface area contributed by atoms with Gasteiger partial charge in [-0.1, -0.05) is 31.2 Å². The van der Waals surface area contributed by atoms with Crippen molar-refractivity contribution in [3.05, 3.63) is 64.4 Å². The Morgan fingerprint density at radius 1 is 1.05 bits per heavy atom. The summed E-state index contributed by atoms with van der Waals surface area (Å²) in [5.74, 6) is 0.772. The molecule has 11 heteroatoms. The molecule has 1 aliphatic heterocycles. The summed E-state index contributed by atoms with van der Waals surface area (Å²) < 4.78 is 82.9. The summed E-state index contributed by atoms with van der Waals surface area (Å²) in [7, 11) is -4.31. The Balaban J connectivity index is 1.46. The number of carbonyl (C=O) groups excluding carboxylic acids is 1. The number of fused-ring (bicyclic) bond motifs is 6. The zero-order valence-corrected chi connectivity index (χ0v) is 26.4. The van der Waals surface area contributed by atoms with Gasteiger partial charge in [-0.2, -0.15) is 21.6 Å². The van der Waals surface area contributed by atoms with Crippen LogP contribution in [0.4, 0.5) is 23.7 Å². The van der Waals surface area contributed by atoms with E-state index in [0.717, 1.165) is 24.2 Å². The van der Waals surface area contributed by atoms with Crippen molar-refractivity contribution in [2.24, 2.45) is 17.3 Å². The lowest BCUT2D eigenvalue weighted by Crippen LogP contribution is -2.42. The third-order valence-corrected chi connectivity index (χ3v) is 10.9. The molecule has 0 saturated heterocycles. The predicted octanol–water partition coefficient (Wildman–Crippen LogP) is 7.74. The number of hydrogen-bond donors (Lipinski definition) is 0. The van der Waals surface area contributed by atoms with Crippen LogP contribution in [0.2, 0.25) is 0 Å². The van der Waals surface area contributed by atoms with Crippen LogP contribution in [-0.4, -0.2) is 39.3 Å². The second kappa shape index (κ2) is 10.4. The van der Waals surface area contributed by atoms with E-state index in [-0.39, 0.29) is 23.5 Å². The number of anilines is 1. The fourth-order valence-corrected chi connectivity index (χ4v) is 8.66. The van der Waals surface area contributed by atoms with Gasteiger partial charge in [0.1, 0.15) is 17.1 Å². The molecule has 2 aromatic rings. The van der Waals surface area contributed by atoms with Crippen molar-refractivity contribution in [3.8, 4) is 5.75 Å². The van der Waals surface area contributed by atoms with E-state index >= 15 is 0 Å². The number of ether oxygens (including phenoxy) is 2. The van der Waals surface area contributed by atoms with Gasteiger partial charge in [0.25, 0.3) is 0 Å². The molecule has 6 rings (SSSR count). The van der Waals surface area contributed by atoms with E-state index in [1.807, 2.05) is 19.1 Å². The lowest BCUT2D eigenvalue weighted by atomic mass is 9.55. The average molecular weight is 634 g/mol. The number of methoxy groups -OCH3 is 1. The minimum absolute atomic E-state index is 0.109. The third-order valence-electron chi connectivity index (χ3n) is 9.95. The van der Waals surface area contributed by atoms with Crippen molar-refractivity contribution >= 4 is 27.5 Å². The van der Waals surface area contributed by atoms with Crippen molar-refractivity contribution in [2.75, 3.05) is 18.6 Å². The molecule has 0 aromatic heterocycles. The molecule has 0 unspecified atom stereocenters. The van der Waals surface area contributed by atoms with Gasteiger partial charge in [0.2, 0.25) is 0 Å².